The Kier molecular flexibility index (Phi) is 2.27. The van der Waals surface area contributed by atoms with E-state index in [4.69, 9.17) is 4.28 Å². The van der Waals surface area contributed by atoms with Gasteiger partial charge in [-0.05, 0) is 12.1 Å². The normalized spacial score (nSPS) is 12.1. The molecule has 92 valence electrons. The topological polar surface area (TPSA) is 61.2 Å². The van der Waals surface area contributed by atoms with Crippen LogP contribution in [0, 0.1) is 0 Å². The molecule has 2 heterocycles. The number of rotatable bonds is 2. The molecule has 1 aromatic carbocycles. The molecule has 0 spiro atoms. The lowest BCUT2D eigenvalue weighted by molar-refractivity contribution is 0.297. The highest BCUT2D eigenvalue weighted by molar-refractivity contribution is 7.86. The van der Waals surface area contributed by atoms with Gasteiger partial charge in [0.25, 0.3) is 0 Å². The first-order valence-electron chi connectivity index (χ1n) is 5.29. The van der Waals surface area contributed by atoms with Gasteiger partial charge in [-0.1, -0.05) is 18.2 Å². The van der Waals surface area contributed by atoms with Crippen molar-refractivity contribution in [1.29, 1.82) is 0 Å². The third-order valence-corrected chi connectivity index (χ3v) is 3.03. The molecule has 0 bridgehead atoms. The van der Waals surface area contributed by atoms with Crippen LogP contribution >= 0.6 is 0 Å². The zero-order valence-corrected chi connectivity index (χ0v) is 10.4. The van der Waals surface area contributed by atoms with E-state index in [-0.39, 0.29) is 0 Å². The zero-order valence-electron chi connectivity index (χ0n) is 9.57. The van der Waals surface area contributed by atoms with E-state index in [1.54, 1.807) is 18.5 Å². The summed E-state index contributed by atoms with van der Waals surface area (Å²) in [6.45, 7) is 0. The largest absolute Gasteiger partial charge is 0.324 e. The molecule has 0 unspecified atom stereocenters. The lowest BCUT2D eigenvalue weighted by Crippen LogP contribution is -2.17. The molecule has 3 rings (SSSR count). The van der Waals surface area contributed by atoms with Gasteiger partial charge in [0.1, 0.15) is 0 Å². The quantitative estimate of drug-likeness (QED) is 0.703. The smallest absolute Gasteiger partial charge is 0.288 e. The molecule has 2 aromatic heterocycles. The van der Waals surface area contributed by atoms with Gasteiger partial charge in [-0.25, -0.2) is 0 Å². The number of nitrogens with zero attached hydrogens (tertiary/aromatic N) is 2. The Bertz CT molecular complexity index is 837. The standard InChI is InChI=1S/C12H10N2O3S/c1-18(15,16)17-14-7-6-9-8-13-11-5-3-2-4-10(11)12(9)14/h2-8H,1H3. The Hall–Kier alpha value is -2.08. The summed E-state index contributed by atoms with van der Waals surface area (Å²) in [4.78, 5) is 4.30. The van der Waals surface area contributed by atoms with Crippen LogP contribution in [0.1, 0.15) is 0 Å². The lowest BCUT2D eigenvalue weighted by Gasteiger charge is -2.06. The maximum atomic E-state index is 11.2. The molecular weight excluding hydrogens is 252 g/mol. The molecule has 0 aliphatic heterocycles. The molecule has 0 atom stereocenters. The molecule has 0 amide bonds. The molecule has 5 nitrogen and oxygen atoms in total. The van der Waals surface area contributed by atoms with Crippen molar-refractivity contribution in [1.82, 2.24) is 9.71 Å². The van der Waals surface area contributed by atoms with Crippen molar-refractivity contribution in [3.63, 3.8) is 0 Å². The molecule has 0 N–H and O–H groups in total. The average molecular weight is 262 g/mol. The summed E-state index contributed by atoms with van der Waals surface area (Å²) in [5.41, 5.74) is 1.49. The summed E-state index contributed by atoms with van der Waals surface area (Å²) >= 11 is 0. The molecule has 0 radical (unpaired) electrons. The summed E-state index contributed by atoms with van der Waals surface area (Å²) in [6.07, 6.45) is 4.28. The first kappa shape index (κ1) is 11.0. The molecule has 0 fully saturated rings. The SMILES string of the molecule is CS(=O)(=O)On1ccc2cnc3ccccc3c21. The Labute approximate surface area is 104 Å². The number of fused-ring (bicyclic) bond motifs is 3. The number of benzene rings is 1. The third kappa shape index (κ3) is 1.80. The molecule has 18 heavy (non-hydrogen) atoms. The van der Waals surface area contributed by atoms with Crippen LogP contribution in [-0.2, 0) is 10.1 Å². The van der Waals surface area contributed by atoms with Crippen LogP contribution in [0.5, 0.6) is 0 Å². The van der Waals surface area contributed by atoms with Crippen LogP contribution in [-0.4, -0.2) is 24.4 Å². The second kappa shape index (κ2) is 3.71. The molecule has 0 saturated carbocycles. The second-order valence-electron chi connectivity index (χ2n) is 4.00. The fraction of sp³-hybridized carbons (Fsp3) is 0.0833. The van der Waals surface area contributed by atoms with Gasteiger partial charge in [0.15, 0.2) is 0 Å². The van der Waals surface area contributed by atoms with E-state index in [0.717, 1.165) is 22.5 Å². The monoisotopic (exact) mass is 262 g/mol. The van der Waals surface area contributed by atoms with Crippen molar-refractivity contribution in [2.24, 2.45) is 0 Å². The minimum Gasteiger partial charge on any atom is -0.288 e. The van der Waals surface area contributed by atoms with E-state index in [2.05, 4.69) is 4.98 Å². The highest BCUT2D eigenvalue weighted by Gasteiger charge is 2.11. The number of pyridine rings is 1. The number of hydrogen-bond acceptors (Lipinski definition) is 4. The van der Waals surface area contributed by atoms with Gasteiger partial charge < -0.3 is 0 Å². The minimum atomic E-state index is -3.56. The van der Waals surface area contributed by atoms with Gasteiger partial charge >= 0.3 is 10.1 Å². The van der Waals surface area contributed by atoms with Crippen molar-refractivity contribution < 1.29 is 12.7 Å². The molecule has 6 heteroatoms. The van der Waals surface area contributed by atoms with Crippen LogP contribution < -0.4 is 4.28 Å². The maximum absolute atomic E-state index is 11.2. The van der Waals surface area contributed by atoms with E-state index in [9.17, 15) is 8.42 Å². The average Bonchev–Trinajstić information content (AvgIpc) is 2.70. The van der Waals surface area contributed by atoms with Crippen molar-refractivity contribution >= 4 is 31.9 Å². The minimum absolute atomic E-state index is 0.700. The third-order valence-electron chi connectivity index (χ3n) is 2.60. The Balaban J connectivity index is 2.37. The predicted octanol–water partition coefficient (Wildman–Crippen LogP) is 1.58. The predicted molar refractivity (Wildman–Crippen MR) is 68.7 cm³/mol. The van der Waals surface area contributed by atoms with Gasteiger partial charge in [0.05, 0.1) is 17.3 Å². The highest BCUT2D eigenvalue weighted by Crippen LogP contribution is 2.23. The van der Waals surface area contributed by atoms with Crippen LogP contribution in [0.25, 0.3) is 21.8 Å². The Morgan fingerprint density at radius 2 is 2.00 bits per heavy atom. The van der Waals surface area contributed by atoms with E-state index >= 15 is 0 Å². The van der Waals surface area contributed by atoms with E-state index < -0.39 is 10.1 Å². The summed E-state index contributed by atoms with van der Waals surface area (Å²) in [7, 11) is -3.56. The van der Waals surface area contributed by atoms with Crippen LogP contribution in [0.15, 0.2) is 42.7 Å². The van der Waals surface area contributed by atoms with Gasteiger partial charge in [-0.2, -0.15) is 13.1 Å². The first-order valence-corrected chi connectivity index (χ1v) is 7.11. The first-order chi connectivity index (χ1) is 8.54. The molecule has 0 aliphatic rings. The maximum Gasteiger partial charge on any atom is 0.324 e. The number of hydrogen-bond donors (Lipinski definition) is 0. The Morgan fingerprint density at radius 3 is 2.78 bits per heavy atom. The van der Waals surface area contributed by atoms with Gasteiger partial charge in [0.2, 0.25) is 0 Å². The number of para-hydroxylation sites is 1. The van der Waals surface area contributed by atoms with E-state index in [1.807, 2.05) is 24.3 Å². The van der Waals surface area contributed by atoms with E-state index in [1.165, 1.54) is 4.73 Å². The fourth-order valence-corrected chi connectivity index (χ4v) is 2.36. The molecule has 3 aromatic rings. The van der Waals surface area contributed by atoms with Gasteiger partial charge in [-0.15, -0.1) is 0 Å². The van der Waals surface area contributed by atoms with Crippen molar-refractivity contribution in [2.45, 2.75) is 0 Å². The van der Waals surface area contributed by atoms with Crippen LogP contribution in [0.3, 0.4) is 0 Å². The van der Waals surface area contributed by atoms with Crippen molar-refractivity contribution in [2.75, 3.05) is 6.26 Å². The summed E-state index contributed by atoms with van der Waals surface area (Å²) in [6, 6.07) is 9.27. The molecule has 0 aliphatic carbocycles. The summed E-state index contributed by atoms with van der Waals surface area (Å²) < 4.78 is 28.6. The lowest BCUT2D eigenvalue weighted by atomic mass is 10.2. The molecule has 0 saturated heterocycles. The number of aromatic nitrogens is 2. The fourth-order valence-electron chi connectivity index (χ4n) is 1.94. The van der Waals surface area contributed by atoms with Crippen LogP contribution in [0.4, 0.5) is 0 Å². The van der Waals surface area contributed by atoms with E-state index in [0.29, 0.717) is 5.52 Å². The van der Waals surface area contributed by atoms with Crippen LogP contribution in [0.2, 0.25) is 0 Å². The van der Waals surface area contributed by atoms with Crippen molar-refractivity contribution in [3.05, 3.63) is 42.7 Å². The van der Waals surface area contributed by atoms with Gasteiger partial charge in [-0.3, -0.25) is 9.27 Å². The molecular formula is C12H10N2O3S. The summed E-state index contributed by atoms with van der Waals surface area (Å²) in [5, 5.41) is 1.68. The second-order valence-corrected chi connectivity index (χ2v) is 5.56. The summed E-state index contributed by atoms with van der Waals surface area (Å²) in [5.74, 6) is 0. The van der Waals surface area contributed by atoms with Gasteiger partial charge in [0, 0.05) is 23.2 Å². The Morgan fingerprint density at radius 1 is 1.22 bits per heavy atom. The highest BCUT2D eigenvalue weighted by atomic mass is 32.2. The zero-order chi connectivity index (χ0) is 12.8. The van der Waals surface area contributed by atoms with Crippen molar-refractivity contribution in [3.8, 4) is 0 Å².